The molecule has 0 bridgehead atoms. The first-order valence-corrected chi connectivity index (χ1v) is 9.46. The Labute approximate surface area is 168 Å². The Kier molecular flexibility index (Phi) is 5.20. The van der Waals surface area contributed by atoms with Crippen LogP contribution in [0.15, 0.2) is 64.5 Å². The number of anilines is 1. The van der Waals surface area contributed by atoms with Crippen molar-refractivity contribution in [3.8, 4) is 0 Å². The fraction of sp³-hybridized carbons (Fsp3) is 0.111. The fourth-order valence-corrected chi connectivity index (χ4v) is 3.21. The van der Waals surface area contributed by atoms with Crippen LogP contribution < -0.4 is 5.32 Å². The van der Waals surface area contributed by atoms with E-state index in [-0.39, 0.29) is 22.6 Å². The van der Waals surface area contributed by atoms with Gasteiger partial charge < -0.3 is 14.3 Å². The third kappa shape index (κ3) is 4.41. The molecule has 0 fully saturated rings. The molecular formula is C18H14N6O4S. The molecule has 0 saturated heterocycles. The molecule has 0 radical (unpaired) electrons. The summed E-state index contributed by atoms with van der Waals surface area (Å²) in [6, 6.07) is 13.3. The van der Waals surface area contributed by atoms with Gasteiger partial charge in [-0.2, -0.15) is 0 Å². The van der Waals surface area contributed by atoms with E-state index in [9.17, 15) is 14.9 Å². The smallest absolute Gasteiger partial charge is 0.277 e. The number of non-ortho nitro benzene ring substituents is 1. The Balaban J connectivity index is 1.32. The number of hydrogen-bond donors (Lipinski definition) is 1. The van der Waals surface area contributed by atoms with Crippen molar-refractivity contribution in [2.24, 2.45) is 0 Å². The van der Waals surface area contributed by atoms with E-state index in [1.807, 2.05) is 28.8 Å². The van der Waals surface area contributed by atoms with Crippen molar-refractivity contribution in [3.63, 3.8) is 0 Å². The van der Waals surface area contributed by atoms with Gasteiger partial charge in [-0.3, -0.25) is 14.9 Å². The number of carbonyl (C=O) groups excluding carboxylic acids is 1. The minimum absolute atomic E-state index is 0.0403. The third-order valence-corrected chi connectivity index (χ3v) is 4.79. The highest BCUT2D eigenvalue weighted by molar-refractivity contribution is 7.99. The van der Waals surface area contributed by atoms with E-state index < -0.39 is 4.92 Å². The molecule has 2 heterocycles. The second kappa shape index (κ2) is 8.10. The number of hydrogen-bond acceptors (Lipinski definition) is 8. The normalized spacial score (nSPS) is 10.9. The van der Waals surface area contributed by atoms with Gasteiger partial charge in [0.1, 0.15) is 6.54 Å². The second-order valence-corrected chi connectivity index (χ2v) is 6.89. The van der Waals surface area contributed by atoms with Crippen LogP contribution >= 0.6 is 11.8 Å². The van der Waals surface area contributed by atoms with E-state index in [0.717, 1.165) is 22.8 Å². The highest BCUT2D eigenvalue weighted by Gasteiger charge is 2.12. The lowest BCUT2D eigenvalue weighted by molar-refractivity contribution is -0.384. The molecule has 1 N–H and O–H groups in total. The first-order valence-electron chi connectivity index (χ1n) is 8.48. The number of nitrogens with zero attached hydrogens (tertiary/aromatic N) is 5. The molecule has 0 spiro atoms. The van der Waals surface area contributed by atoms with Crippen molar-refractivity contribution in [2.45, 2.75) is 11.8 Å². The van der Waals surface area contributed by atoms with Crippen molar-refractivity contribution in [2.75, 3.05) is 11.1 Å². The summed E-state index contributed by atoms with van der Waals surface area (Å²) in [4.78, 5) is 26.5. The van der Waals surface area contributed by atoms with Crippen LogP contribution in [0.25, 0.3) is 11.0 Å². The van der Waals surface area contributed by atoms with Gasteiger partial charge in [0, 0.05) is 17.8 Å². The number of aromatic nitrogens is 4. The summed E-state index contributed by atoms with van der Waals surface area (Å²) in [5.41, 5.74) is 2.27. The van der Waals surface area contributed by atoms with Crippen molar-refractivity contribution in [3.05, 3.63) is 70.9 Å². The maximum Gasteiger partial charge on any atom is 0.277 e. The van der Waals surface area contributed by atoms with Gasteiger partial charge in [-0.25, -0.2) is 4.98 Å². The lowest BCUT2D eigenvalue weighted by Crippen LogP contribution is -2.13. The molecule has 4 aromatic rings. The molecule has 0 aliphatic rings. The molecule has 4 rings (SSSR count). The van der Waals surface area contributed by atoms with Gasteiger partial charge >= 0.3 is 0 Å². The summed E-state index contributed by atoms with van der Waals surface area (Å²) in [7, 11) is 0. The van der Waals surface area contributed by atoms with Crippen molar-refractivity contribution in [1.29, 1.82) is 0 Å². The number of amides is 1. The molecule has 0 aliphatic heterocycles. The number of nitro benzene ring substituents is 1. The monoisotopic (exact) mass is 410 g/mol. The molecule has 0 unspecified atom stereocenters. The van der Waals surface area contributed by atoms with Crippen LogP contribution in [0.1, 0.15) is 5.89 Å². The van der Waals surface area contributed by atoms with Gasteiger partial charge in [0.15, 0.2) is 0 Å². The van der Waals surface area contributed by atoms with E-state index in [0.29, 0.717) is 18.1 Å². The first-order chi connectivity index (χ1) is 14.1. The maximum atomic E-state index is 12.0. The number of carbonyl (C=O) groups is 1. The standard InChI is InChI=1S/C18H14N6O4S/c25-16(20-12-5-7-13(8-6-12)24(26)27)10-29-18-22-21-17(28-18)9-23-11-19-14-3-1-2-4-15(14)23/h1-8,11H,9-10H2,(H,20,25). The van der Waals surface area contributed by atoms with E-state index in [1.165, 1.54) is 24.3 Å². The molecule has 11 heteroatoms. The van der Waals surface area contributed by atoms with Gasteiger partial charge in [0.05, 0.1) is 28.0 Å². The van der Waals surface area contributed by atoms with Gasteiger partial charge in [-0.05, 0) is 24.3 Å². The number of para-hydroxylation sites is 2. The second-order valence-electron chi connectivity index (χ2n) is 5.96. The Morgan fingerprint density at radius 1 is 1.17 bits per heavy atom. The number of nitro groups is 1. The number of benzene rings is 2. The minimum atomic E-state index is -0.499. The molecule has 1 amide bonds. The molecule has 0 saturated carbocycles. The molecule has 29 heavy (non-hydrogen) atoms. The summed E-state index contributed by atoms with van der Waals surface area (Å²) < 4.78 is 7.49. The highest BCUT2D eigenvalue weighted by Crippen LogP contribution is 2.20. The number of rotatable bonds is 7. The third-order valence-electron chi connectivity index (χ3n) is 3.97. The zero-order chi connectivity index (χ0) is 20.2. The molecule has 10 nitrogen and oxygen atoms in total. The van der Waals surface area contributed by atoms with Gasteiger partial charge in [0.2, 0.25) is 11.8 Å². The predicted octanol–water partition coefficient (Wildman–Crippen LogP) is 3.11. The van der Waals surface area contributed by atoms with E-state index in [4.69, 9.17) is 4.42 Å². The lowest BCUT2D eigenvalue weighted by atomic mass is 10.3. The zero-order valence-corrected chi connectivity index (χ0v) is 15.7. The zero-order valence-electron chi connectivity index (χ0n) is 14.9. The summed E-state index contributed by atoms with van der Waals surface area (Å²) >= 11 is 1.11. The van der Waals surface area contributed by atoms with Gasteiger partial charge in [-0.15, -0.1) is 10.2 Å². The van der Waals surface area contributed by atoms with Crippen molar-refractivity contribution in [1.82, 2.24) is 19.7 Å². The number of imidazole rings is 1. The molecular weight excluding hydrogens is 396 g/mol. The van der Waals surface area contributed by atoms with Crippen LogP contribution in [0.4, 0.5) is 11.4 Å². The maximum absolute atomic E-state index is 12.0. The van der Waals surface area contributed by atoms with Crippen LogP contribution in [0.3, 0.4) is 0 Å². The Morgan fingerprint density at radius 3 is 2.76 bits per heavy atom. The quantitative estimate of drug-likeness (QED) is 0.279. The fourth-order valence-electron chi connectivity index (χ4n) is 2.63. The van der Waals surface area contributed by atoms with Crippen molar-refractivity contribution < 1.29 is 14.1 Å². The Bertz CT molecular complexity index is 1170. The topological polar surface area (TPSA) is 129 Å². The number of fused-ring (bicyclic) bond motifs is 1. The van der Waals surface area contributed by atoms with Crippen LogP contribution in [-0.4, -0.2) is 36.3 Å². The summed E-state index contributed by atoms with van der Waals surface area (Å²) in [5.74, 6) is 0.183. The molecule has 2 aromatic heterocycles. The molecule has 0 aliphatic carbocycles. The average molecular weight is 410 g/mol. The number of nitrogens with one attached hydrogen (secondary N) is 1. The predicted molar refractivity (Wildman–Crippen MR) is 106 cm³/mol. The Morgan fingerprint density at radius 2 is 1.97 bits per heavy atom. The average Bonchev–Trinajstić information content (AvgIpc) is 3.34. The van der Waals surface area contributed by atoms with Crippen LogP contribution in [0.2, 0.25) is 0 Å². The first kappa shape index (κ1) is 18.6. The number of thioether (sulfide) groups is 1. The van der Waals surface area contributed by atoms with E-state index in [2.05, 4.69) is 20.5 Å². The van der Waals surface area contributed by atoms with E-state index >= 15 is 0 Å². The molecule has 146 valence electrons. The lowest BCUT2D eigenvalue weighted by Gasteiger charge is -2.03. The van der Waals surface area contributed by atoms with Crippen LogP contribution in [-0.2, 0) is 11.3 Å². The minimum Gasteiger partial charge on any atom is -0.414 e. The van der Waals surface area contributed by atoms with Crippen LogP contribution in [0, 0.1) is 10.1 Å². The summed E-state index contributed by atoms with van der Waals surface area (Å²) in [6.07, 6.45) is 1.71. The SMILES string of the molecule is O=C(CSc1nnc(Cn2cnc3ccccc32)o1)Nc1ccc([N+](=O)[O-])cc1. The van der Waals surface area contributed by atoms with Crippen LogP contribution in [0.5, 0.6) is 0 Å². The van der Waals surface area contributed by atoms with Crippen molar-refractivity contribution >= 4 is 40.1 Å². The Hall–Kier alpha value is -3.73. The molecule has 0 atom stereocenters. The summed E-state index contributed by atoms with van der Waals surface area (Å²) in [6.45, 7) is 0.378. The molecule has 2 aromatic carbocycles. The summed E-state index contributed by atoms with van der Waals surface area (Å²) in [5, 5.41) is 21.5. The highest BCUT2D eigenvalue weighted by atomic mass is 32.2. The van der Waals surface area contributed by atoms with Gasteiger partial charge in [0.25, 0.3) is 10.9 Å². The van der Waals surface area contributed by atoms with Gasteiger partial charge in [-0.1, -0.05) is 23.9 Å². The largest absolute Gasteiger partial charge is 0.414 e. The van der Waals surface area contributed by atoms with E-state index in [1.54, 1.807) is 6.33 Å².